The predicted octanol–water partition coefficient (Wildman–Crippen LogP) is 3.23. The van der Waals surface area contributed by atoms with Crippen LogP contribution in [0.25, 0.3) is 0 Å². The smallest absolute Gasteiger partial charge is 0.125 e. The summed E-state index contributed by atoms with van der Waals surface area (Å²) in [6, 6.07) is 4.74. The van der Waals surface area contributed by atoms with E-state index in [1.807, 2.05) is 7.05 Å². The maximum atomic E-state index is 5.97. The minimum absolute atomic E-state index is 0.398. The highest BCUT2D eigenvalue weighted by atomic mass is 16.5. The van der Waals surface area contributed by atoms with Crippen LogP contribution in [0.1, 0.15) is 30.5 Å². The van der Waals surface area contributed by atoms with Crippen molar-refractivity contribution >= 4 is 0 Å². The molecule has 0 fully saturated rings. The standard InChI is InChI=1S/C15H25NO/c1-10(2)14(16-6)9-17-15-12(4)7-11(3)8-13(15)5/h7-8,10,14,16H,9H2,1-6H3. The minimum atomic E-state index is 0.398. The zero-order valence-electron chi connectivity index (χ0n) is 11.9. The number of hydrogen-bond acceptors (Lipinski definition) is 2. The molecule has 17 heavy (non-hydrogen) atoms. The number of rotatable bonds is 5. The fourth-order valence-corrected chi connectivity index (χ4v) is 2.18. The highest BCUT2D eigenvalue weighted by Crippen LogP contribution is 2.24. The number of ether oxygens (including phenoxy) is 1. The van der Waals surface area contributed by atoms with Crippen molar-refractivity contribution in [1.82, 2.24) is 5.32 Å². The van der Waals surface area contributed by atoms with Gasteiger partial charge in [0.2, 0.25) is 0 Å². The summed E-state index contributed by atoms with van der Waals surface area (Å²) < 4.78 is 5.97. The van der Waals surface area contributed by atoms with E-state index in [1.54, 1.807) is 0 Å². The van der Waals surface area contributed by atoms with Crippen LogP contribution in [-0.2, 0) is 0 Å². The van der Waals surface area contributed by atoms with E-state index in [2.05, 4.69) is 52.1 Å². The molecule has 0 saturated heterocycles. The van der Waals surface area contributed by atoms with E-state index in [9.17, 15) is 0 Å². The molecule has 0 amide bonds. The molecule has 0 aliphatic carbocycles. The van der Waals surface area contributed by atoms with Gasteiger partial charge in [-0.25, -0.2) is 0 Å². The Labute approximate surface area is 105 Å². The van der Waals surface area contributed by atoms with Crippen LogP contribution in [0.4, 0.5) is 0 Å². The zero-order valence-corrected chi connectivity index (χ0v) is 11.9. The van der Waals surface area contributed by atoms with E-state index in [0.29, 0.717) is 12.0 Å². The van der Waals surface area contributed by atoms with Crippen molar-refractivity contribution in [3.8, 4) is 5.75 Å². The van der Waals surface area contributed by atoms with Gasteiger partial charge in [-0.3, -0.25) is 0 Å². The highest BCUT2D eigenvalue weighted by Gasteiger charge is 2.13. The van der Waals surface area contributed by atoms with Gasteiger partial charge in [0.25, 0.3) is 0 Å². The average Bonchev–Trinajstić information content (AvgIpc) is 2.21. The first-order valence-electron chi connectivity index (χ1n) is 6.33. The minimum Gasteiger partial charge on any atom is -0.491 e. The summed E-state index contributed by atoms with van der Waals surface area (Å²) in [7, 11) is 1.99. The van der Waals surface area contributed by atoms with E-state index in [0.717, 1.165) is 12.4 Å². The first-order chi connectivity index (χ1) is 7.95. The van der Waals surface area contributed by atoms with Crippen molar-refractivity contribution in [2.24, 2.45) is 5.92 Å². The summed E-state index contributed by atoms with van der Waals surface area (Å²) in [6.45, 7) is 11.5. The van der Waals surface area contributed by atoms with Crippen LogP contribution in [0.3, 0.4) is 0 Å². The third-order valence-electron chi connectivity index (χ3n) is 3.19. The summed E-state index contributed by atoms with van der Waals surface area (Å²) in [5, 5.41) is 3.30. The van der Waals surface area contributed by atoms with Gasteiger partial charge in [-0.2, -0.15) is 0 Å². The van der Waals surface area contributed by atoms with Crippen LogP contribution in [-0.4, -0.2) is 19.7 Å². The largest absolute Gasteiger partial charge is 0.491 e. The molecule has 0 bridgehead atoms. The molecule has 0 aliphatic heterocycles. The van der Waals surface area contributed by atoms with Crippen molar-refractivity contribution in [2.75, 3.05) is 13.7 Å². The van der Waals surface area contributed by atoms with Gasteiger partial charge in [0, 0.05) is 6.04 Å². The molecule has 1 rings (SSSR count). The lowest BCUT2D eigenvalue weighted by Gasteiger charge is -2.22. The lowest BCUT2D eigenvalue weighted by Crippen LogP contribution is -2.36. The van der Waals surface area contributed by atoms with Gasteiger partial charge in [-0.05, 0) is 44.9 Å². The Morgan fingerprint density at radius 2 is 1.65 bits per heavy atom. The second kappa shape index (κ2) is 6.06. The van der Waals surface area contributed by atoms with E-state index in [4.69, 9.17) is 4.74 Å². The summed E-state index contributed by atoms with van der Waals surface area (Å²) in [5.74, 6) is 1.61. The number of hydrogen-bond donors (Lipinski definition) is 1. The van der Waals surface area contributed by atoms with Gasteiger partial charge in [-0.15, -0.1) is 0 Å². The van der Waals surface area contributed by atoms with E-state index in [1.165, 1.54) is 16.7 Å². The molecule has 0 spiro atoms. The van der Waals surface area contributed by atoms with Crippen molar-refractivity contribution in [3.63, 3.8) is 0 Å². The summed E-state index contributed by atoms with van der Waals surface area (Å²) in [4.78, 5) is 0. The Kier molecular flexibility index (Phi) is 5.01. The Balaban J connectivity index is 2.75. The van der Waals surface area contributed by atoms with Crippen LogP contribution in [0.2, 0.25) is 0 Å². The van der Waals surface area contributed by atoms with Crippen molar-refractivity contribution in [2.45, 2.75) is 40.7 Å². The first-order valence-corrected chi connectivity index (χ1v) is 6.33. The molecule has 2 nitrogen and oxygen atoms in total. The van der Waals surface area contributed by atoms with E-state index in [-0.39, 0.29) is 0 Å². The van der Waals surface area contributed by atoms with E-state index < -0.39 is 0 Å². The monoisotopic (exact) mass is 235 g/mol. The molecular weight excluding hydrogens is 210 g/mol. The van der Waals surface area contributed by atoms with E-state index >= 15 is 0 Å². The summed E-state index contributed by atoms with van der Waals surface area (Å²) >= 11 is 0. The van der Waals surface area contributed by atoms with Gasteiger partial charge < -0.3 is 10.1 Å². The van der Waals surface area contributed by atoms with Gasteiger partial charge in [0.05, 0.1) is 0 Å². The normalized spacial score (nSPS) is 12.9. The molecule has 0 saturated carbocycles. The summed E-state index contributed by atoms with van der Waals surface area (Å²) in [5.41, 5.74) is 3.74. The molecule has 1 atom stereocenters. The van der Waals surface area contributed by atoms with Crippen molar-refractivity contribution < 1.29 is 4.74 Å². The van der Waals surface area contributed by atoms with Crippen molar-refractivity contribution in [3.05, 3.63) is 28.8 Å². The molecule has 0 radical (unpaired) electrons. The fourth-order valence-electron chi connectivity index (χ4n) is 2.18. The maximum absolute atomic E-state index is 5.97. The molecule has 0 heterocycles. The molecule has 1 aromatic carbocycles. The molecule has 1 aromatic rings. The fraction of sp³-hybridized carbons (Fsp3) is 0.600. The SMILES string of the molecule is CNC(COc1c(C)cc(C)cc1C)C(C)C. The van der Waals surface area contributed by atoms with Crippen LogP contribution in [0, 0.1) is 26.7 Å². The van der Waals surface area contributed by atoms with Gasteiger partial charge in [0.15, 0.2) is 0 Å². The lowest BCUT2D eigenvalue weighted by atomic mass is 10.0. The van der Waals surface area contributed by atoms with Crippen molar-refractivity contribution in [1.29, 1.82) is 0 Å². The molecular formula is C15H25NO. The Morgan fingerprint density at radius 3 is 2.06 bits per heavy atom. The lowest BCUT2D eigenvalue weighted by molar-refractivity contribution is 0.235. The second-order valence-electron chi connectivity index (χ2n) is 5.18. The van der Waals surface area contributed by atoms with Gasteiger partial charge >= 0.3 is 0 Å². The van der Waals surface area contributed by atoms with Crippen LogP contribution < -0.4 is 10.1 Å². The zero-order chi connectivity index (χ0) is 13.0. The maximum Gasteiger partial charge on any atom is 0.125 e. The van der Waals surface area contributed by atoms with Crippen LogP contribution in [0.15, 0.2) is 12.1 Å². The second-order valence-corrected chi connectivity index (χ2v) is 5.18. The molecule has 1 N–H and O–H groups in total. The molecule has 1 unspecified atom stereocenters. The third kappa shape index (κ3) is 3.74. The Hall–Kier alpha value is -1.02. The highest BCUT2D eigenvalue weighted by molar-refractivity contribution is 5.42. The molecule has 0 aromatic heterocycles. The predicted molar refractivity (Wildman–Crippen MR) is 73.8 cm³/mol. The van der Waals surface area contributed by atoms with Crippen LogP contribution in [0.5, 0.6) is 5.75 Å². The quantitative estimate of drug-likeness (QED) is 0.846. The molecule has 96 valence electrons. The third-order valence-corrected chi connectivity index (χ3v) is 3.19. The topological polar surface area (TPSA) is 21.3 Å². The number of aryl methyl sites for hydroxylation is 3. The number of likely N-dealkylation sites (N-methyl/N-ethyl adjacent to an activating group) is 1. The average molecular weight is 235 g/mol. The number of benzene rings is 1. The molecule has 0 aliphatic rings. The number of nitrogens with one attached hydrogen (secondary N) is 1. The summed E-state index contributed by atoms with van der Waals surface area (Å²) in [6.07, 6.45) is 0. The van der Waals surface area contributed by atoms with Crippen LogP contribution >= 0.6 is 0 Å². The Morgan fingerprint density at radius 1 is 1.12 bits per heavy atom. The van der Waals surface area contributed by atoms with Gasteiger partial charge in [-0.1, -0.05) is 31.5 Å². The molecule has 2 heteroatoms. The first kappa shape index (κ1) is 14.0. The van der Waals surface area contributed by atoms with Gasteiger partial charge in [0.1, 0.15) is 12.4 Å². The Bertz CT molecular complexity index is 348.